The quantitative estimate of drug-likeness (QED) is 0.881. The number of nitrogens with zero attached hydrogens (tertiary/aromatic N) is 1. The topological polar surface area (TPSA) is 59.4 Å². The predicted octanol–water partition coefficient (Wildman–Crippen LogP) is 2.17. The highest BCUT2D eigenvalue weighted by Gasteiger charge is 2.20. The lowest BCUT2D eigenvalue weighted by Gasteiger charge is -2.06. The van der Waals surface area contributed by atoms with Crippen LogP contribution in [-0.4, -0.2) is 22.7 Å². The molecule has 1 rings (SSSR count). The third-order valence-corrected chi connectivity index (χ3v) is 1.73. The summed E-state index contributed by atoms with van der Waals surface area (Å²) in [5, 5.41) is 7.66. The van der Waals surface area contributed by atoms with Gasteiger partial charge in [-0.1, -0.05) is 11.6 Å². The van der Waals surface area contributed by atoms with Gasteiger partial charge in [0.05, 0.1) is 10.6 Å². The van der Waals surface area contributed by atoms with Gasteiger partial charge in [-0.3, -0.25) is 0 Å². The number of alkyl halides is 2. The molecule has 15 heavy (non-hydrogen) atoms. The van der Waals surface area contributed by atoms with Gasteiger partial charge >= 0.3 is 12.6 Å². The average molecular weight is 242 g/mol. The molecule has 0 saturated carbocycles. The number of halogens is 4. The second kappa shape index (κ2) is 4.35. The smallest absolute Gasteiger partial charge is 0.388 e. The normalized spacial score (nSPS) is 10.5. The molecule has 1 aromatic heterocycles. The molecule has 0 bridgehead atoms. The number of aromatic carboxylic acids is 1. The zero-order valence-electron chi connectivity index (χ0n) is 6.88. The van der Waals surface area contributed by atoms with Crippen LogP contribution in [0, 0.1) is 5.82 Å². The highest BCUT2D eigenvalue weighted by atomic mass is 35.5. The lowest BCUT2D eigenvalue weighted by Crippen LogP contribution is -2.08. The van der Waals surface area contributed by atoms with Gasteiger partial charge < -0.3 is 9.84 Å². The zero-order chi connectivity index (χ0) is 11.6. The van der Waals surface area contributed by atoms with Gasteiger partial charge in [0.25, 0.3) is 5.88 Å². The fourth-order valence-corrected chi connectivity index (χ4v) is 0.975. The molecule has 4 nitrogen and oxygen atoms in total. The van der Waals surface area contributed by atoms with Crippen molar-refractivity contribution in [2.24, 2.45) is 0 Å². The molecule has 0 aliphatic carbocycles. The minimum atomic E-state index is -3.27. The van der Waals surface area contributed by atoms with E-state index in [1.54, 1.807) is 0 Å². The van der Waals surface area contributed by atoms with E-state index in [4.69, 9.17) is 16.7 Å². The molecule has 0 saturated heterocycles. The first-order chi connectivity index (χ1) is 6.93. The van der Waals surface area contributed by atoms with E-state index < -0.39 is 34.9 Å². The van der Waals surface area contributed by atoms with Crippen molar-refractivity contribution in [3.8, 4) is 5.88 Å². The van der Waals surface area contributed by atoms with Gasteiger partial charge in [-0.2, -0.15) is 13.2 Å². The fraction of sp³-hybridized carbons (Fsp3) is 0.143. The number of carbonyl (C=O) groups is 1. The number of carboxylic acids is 1. The van der Waals surface area contributed by atoms with E-state index in [2.05, 4.69) is 9.72 Å². The molecule has 0 radical (unpaired) electrons. The van der Waals surface area contributed by atoms with Gasteiger partial charge in [0, 0.05) is 6.20 Å². The lowest BCUT2D eigenvalue weighted by atomic mass is 10.3. The van der Waals surface area contributed by atoms with Crippen LogP contribution in [0.4, 0.5) is 13.2 Å². The number of hydrogen-bond acceptors (Lipinski definition) is 3. The summed E-state index contributed by atoms with van der Waals surface area (Å²) in [6, 6.07) is 0. The fourth-order valence-electron chi connectivity index (χ4n) is 0.764. The van der Waals surface area contributed by atoms with Crippen molar-refractivity contribution in [1.82, 2.24) is 4.98 Å². The van der Waals surface area contributed by atoms with Crippen molar-refractivity contribution < 1.29 is 27.8 Å². The summed E-state index contributed by atoms with van der Waals surface area (Å²) in [5.74, 6) is -3.99. The van der Waals surface area contributed by atoms with Crippen LogP contribution in [0.3, 0.4) is 0 Å². The van der Waals surface area contributed by atoms with E-state index in [0.29, 0.717) is 6.20 Å². The Morgan fingerprint density at radius 2 is 2.20 bits per heavy atom. The summed E-state index contributed by atoms with van der Waals surface area (Å²) in [6.07, 6.45) is 0.630. The summed E-state index contributed by atoms with van der Waals surface area (Å²) >= 11 is 5.26. The second-order valence-electron chi connectivity index (χ2n) is 2.29. The summed E-state index contributed by atoms with van der Waals surface area (Å²) in [4.78, 5) is 13.5. The Kier molecular flexibility index (Phi) is 3.35. The van der Waals surface area contributed by atoms with Crippen LogP contribution in [0.25, 0.3) is 0 Å². The van der Waals surface area contributed by atoms with Crippen LogP contribution >= 0.6 is 11.6 Å². The predicted molar refractivity (Wildman–Crippen MR) is 42.8 cm³/mol. The van der Waals surface area contributed by atoms with Gasteiger partial charge in [-0.25, -0.2) is 9.78 Å². The monoisotopic (exact) mass is 241 g/mol. The summed E-state index contributed by atoms with van der Waals surface area (Å²) < 4.78 is 40.1. The number of hydrogen-bond donors (Lipinski definition) is 1. The van der Waals surface area contributed by atoms with Crippen LogP contribution in [0.2, 0.25) is 5.02 Å². The van der Waals surface area contributed by atoms with Crippen LogP contribution in [0.15, 0.2) is 6.20 Å². The maximum absolute atomic E-state index is 13.1. The first kappa shape index (κ1) is 11.6. The van der Waals surface area contributed by atoms with Crippen molar-refractivity contribution in [3.63, 3.8) is 0 Å². The highest BCUT2D eigenvalue weighted by molar-refractivity contribution is 6.33. The molecule has 8 heteroatoms. The SMILES string of the molecule is O=C(O)c1cnc(OC(F)F)c(F)c1Cl. The molecule has 0 aliphatic rings. The summed E-state index contributed by atoms with van der Waals surface area (Å²) in [7, 11) is 0. The highest BCUT2D eigenvalue weighted by Crippen LogP contribution is 2.26. The Balaban J connectivity index is 3.15. The Morgan fingerprint density at radius 1 is 1.60 bits per heavy atom. The maximum Gasteiger partial charge on any atom is 0.388 e. The first-order valence-electron chi connectivity index (χ1n) is 3.45. The largest absolute Gasteiger partial charge is 0.478 e. The molecular weight excluding hydrogens is 239 g/mol. The van der Waals surface area contributed by atoms with E-state index >= 15 is 0 Å². The van der Waals surface area contributed by atoms with Crippen molar-refractivity contribution in [2.45, 2.75) is 6.61 Å². The van der Waals surface area contributed by atoms with Crippen LogP contribution in [0.1, 0.15) is 10.4 Å². The molecule has 0 amide bonds. The molecule has 0 fully saturated rings. The number of pyridine rings is 1. The van der Waals surface area contributed by atoms with Gasteiger partial charge in [-0.05, 0) is 0 Å². The Bertz CT molecular complexity index is 399. The molecule has 1 N–H and O–H groups in total. The zero-order valence-corrected chi connectivity index (χ0v) is 7.63. The molecule has 0 aliphatic heterocycles. The number of ether oxygens (including phenoxy) is 1. The van der Waals surface area contributed by atoms with Crippen molar-refractivity contribution in [1.29, 1.82) is 0 Å². The van der Waals surface area contributed by atoms with Crippen LogP contribution < -0.4 is 4.74 Å². The minimum absolute atomic E-state index is 0.629. The third-order valence-electron chi connectivity index (χ3n) is 1.36. The van der Waals surface area contributed by atoms with Crippen molar-refractivity contribution >= 4 is 17.6 Å². The van der Waals surface area contributed by atoms with Crippen LogP contribution in [-0.2, 0) is 0 Å². The second-order valence-corrected chi connectivity index (χ2v) is 2.67. The Hall–Kier alpha value is -1.50. The molecule has 0 aromatic carbocycles. The molecular formula is C7H3ClF3NO3. The average Bonchev–Trinajstić information content (AvgIpc) is 2.12. The first-order valence-corrected chi connectivity index (χ1v) is 3.83. The van der Waals surface area contributed by atoms with E-state index in [1.807, 2.05) is 0 Å². The lowest BCUT2D eigenvalue weighted by molar-refractivity contribution is -0.0553. The Labute approximate surface area is 86.3 Å². The number of carboxylic acid groups (broad SMARTS) is 1. The van der Waals surface area contributed by atoms with Crippen molar-refractivity contribution in [2.75, 3.05) is 0 Å². The third kappa shape index (κ3) is 2.50. The standard InChI is InChI=1S/C7H3ClF3NO3/c8-3-2(6(13)14)1-12-5(4(3)9)15-7(10)11/h1,7H,(H,13,14). The molecule has 1 aromatic rings. The summed E-state index contributed by atoms with van der Waals surface area (Å²) in [5.41, 5.74) is -0.629. The minimum Gasteiger partial charge on any atom is -0.478 e. The van der Waals surface area contributed by atoms with Crippen LogP contribution in [0.5, 0.6) is 5.88 Å². The van der Waals surface area contributed by atoms with E-state index in [9.17, 15) is 18.0 Å². The maximum atomic E-state index is 13.1. The molecule has 0 unspecified atom stereocenters. The van der Waals surface area contributed by atoms with Crippen molar-refractivity contribution in [3.05, 3.63) is 22.6 Å². The van der Waals surface area contributed by atoms with E-state index in [-0.39, 0.29) is 0 Å². The number of rotatable bonds is 3. The van der Waals surface area contributed by atoms with Gasteiger partial charge in [0.15, 0.2) is 0 Å². The Morgan fingerprint density at radius 3 is 2.67 bits per heavy atom. The van der Waals surface area contributed by atoms with Gasteiger partial charge in [0.1, 0.15) is 0 Å². The molecule has 1 heterocycles. The van der Waals surface area contributed by atoms with Gasteiger partial charge in [0.2, 0.25) is 5.82 Å². The molecule has 82 valence electrons. The summed E-state index contributed by atoms with van der Waals surface area (Å²) in [6.45, 7) is -3.27. The van der Waals surface area contributed by atoms with E-state index in [0.717, 1.165) is 0 Å². The van der Waals surface area contributed by atoms with E-state index in [1.165, 1.54) is 0 Å². The molecule has 0 spiro atoms. The molecule has 0 atom stereocenters. The van der Waals surface area contributed by atoms with Gasteiger partial charge in [-0.15, -0.1) is 0 Å². The number of aromatic nitrogens is 1.